The van der Waals surface area contributed by atoms with E-state index in [2.05, 4.69) is 61.4 Å². The lowest BCUT2D eigenvalue weighted by atomic mass is 9.92. The molecule has 0 spiro atoms. The highest BCUT2D eigenvalue weighted by Crippen LogP contribution is 2.32. The Morgan fingerprint density at radius 3 is 2.27 bits per heavy atom. The minimum Gasteiger partial charge on any atom is -0.371 e. The Hall–Kier alpha value is -3.13. The molecule has 4 rings (SSSR count). The molecule has 7 nitrogen and oxygen atoms in total. The van der Waals surface area contributed by atoms with Crippen LogP contribution in [0.25, 0.3) is 0 Å². The van der Waals surface area contributed by atoms with E-state index in [1.54, 1.807) is 12.1 Å². The van der Waals surface area contributed by atoms with Crippen LogP contribution in [0.15, 0.2) is 42.5 Å². The number of hydrogen-bond donors (Lipinski definition) is 2. The average molecular weight is 566 g/mol. The van der Waals surface area contributed by atoms with E-state index in [4.69, 9.17) is 0 Å². The molecule has 0 atom stereocenters. The summed E-state index contributed by atoms with van der Waals surface area (Å²) in [5.74, 6) is -0.402. The van der Waals surface area contributed by atoms with Crippen molar-refractivity contribution in [3.63, 3.8) is 0 Å². The fourth-order valence-corrected chi connectivity index (χ4v) is 6.10. The number of amides is 3. The number of piperidine rings is 1. The second kappa shape index (κ2) is 13.7. The molecule has 3 amide bonds. The third-order valence-corrected chi connectivity index (χ3v) is 8.36. The van der Waals surface area contributed by atoms with E-state index in [-0.39, 0.29) is 29.2 Å². The van der Waals surface area contributed by atoms with E-state index >= 15 is 0 Å². The molecule has 8 heteroatoms. The summed E-state index contributed by atoms with van der Waals surface area (Å²) in [5.41, 5.74) is 3.15. The zero-order valence-corrected chi connectivity index (χ0v) is 25.5. The number of anilines is 3. The van der Waals surface area contributed by atoms with Crippen molar-refractivity contribution in [2.24, 2.45) is 5.41 Å². The molecule has 1 aliphatic heterocycles. The zero-order chi connectivity index (χ0) is 29.6. The van der Waals surface area contributed by atoms with Crippen LogP contribution in [0.1, 0.15) is 77.7 Å². The number of carbonyl (C=O) groups excluding carboxylic acids is 2. The molecule has 0 unspecified atom stereocenters. The Morgan fingerprint density at radius 2 is 1.61 bits per heavy atom. The summed E-state index contributed by atoms with van der Waals surface area (Å²) in [4.78, 5) is 33.2. The lowest BCUT2D eigenvalue weighted by Gasteiger charge is -2.39. The average Bonchev–Trinajstić information content (AvgIpc) is 2.91. The molecule has 1 saturated heterocycles. The van der Waals surface area contributed by atoms with E-state index in [9.17, 15) is 14.0 Å². The number of nitrogens with zero attached hydrogens (tertiary/aromatic N) is 3. The third kappa shape index (κ3) is 8.93. The van der Waals surface area contributed by atoms with Crippen LogP contribution in [-0.2, 0) is 11.3 Å². The van der Waals surface area contributed by atoms with Crippen LogP contribution < -0.4 is 15.5 Å². The summed E-state index contributed by atoms with van der Waals surface area (Å²) in [6, 6.07) is 12.4. The van der Waals surface area contributed by atoms with Crippen molar-refractivity contribution < 1.29 is 14.0 Å². The fraction of sp³-hybridized carbons (Fsp3) is 0.576. The second-order valence-electron chi connectivity index (χ2n) is 13.1. The molecular formula is C33H48FN5O2. The van der Waals surface area contributed by atoms with Crippen molar-refractivity contribution in [1.82, 2.24) is 9.80 Å². The van der Waals surface area contributed by atoms with Gasteiger partial charge in [0.2, 0.25) is 5.91 Å². The molecular weight excluding hydrogens is 517 g/mol. The van der Waals surface area contributed by atoms with Gasteiger partial charge < -0.3 is 25.3 Å². The molecule has 0 aromatic heterocycles. The number of nitrogens with one attached hydrogen (secondary N) is 2. The fourth-order valence-electron chi connectivity index (χ4n) is 6.10. The van der Waals surface area contributed by atoms with Gasteiger partial charge in [-0.3, -0.25) is 4.79 Å². The van der Waals surface area contributed by atoms with Crippen molar-refractivity contribution in [2.75, 3.05) is 42.7 Å². The molecule has 1 heterocycles. The topological polar surface area (TPSA) is 67.9 Å². The molecule has 1 aliphatic carbocycles. The molecule has 2 fully saturated rings. The Morgan fingerprint density at radius 1 is 0.927 bits per heavy atom. The predicted molar refractivity (Wildman–Crippen MR) is 166 cm³/mol. The number of hydrogen-bond acceptors (Lipinski definition) is 4. The normalized spacial score (nSPS) is 17.2. The van der Waals surface area contributed by atoms with Gasteiger partial charge in [-0.25, -0.2) is 9.18 Å². The Balaban J connectivity index is 1.65. The molecule has 2 N–H and O–H groups in total. The first-order valence-electron chi connectivity index (χ1n) is 15.2. The Labute approximate surface area is 245 Å². The van der Waals surface area contributed by atoms with E-state index in [1.807, 2.05) is 17.0 Å². The van der Waals surface area contributed by atoms with Gasteiger partial charge in [0.15, 0.2) is 0 Å². The number of urea groups is 1. The summed E-state index contributed by atoms with van der Waals surface area (Å²) in [6.45, 7) is 8.66. The summed E-state index contributed by atoms with van der Waals surface area (Å²) in [7, 11) is 4.31. The first kappa shape index (κ1) is 30.8. The van der Waals surface area contributed by atoms with Gasteiger partial charge in [-0.1, -0.05) is 46.1 Å². The van der Waals surface area contributed by atoms with Crippen molar-refractivity contribution in [2.45, 2.75) is 90.8 Å². The quantitative estimate of drug-likeness (QED) is 0.358. The highest BCUT2D eigenvalue weighted by Gasteiger charge is 2.29. The lowest BCUT2D eigenvalue weighted by Crippen LogP contribution is -2.44. The van der Waals surface area contributed by atoms with Crippen molar-refractivity contribution in [3.8, 4) is 0 Å². The second-order valence-corrected chi connectivity index (χ2v) is 13.1. The maximum absolute atomic E-state index is 13.9. The van der Waals surface area contributed by atoms with Crippen molar-refractivity contribution in [1.29, 1.82) is 0 Å². The van der Waals surface area contributed by atoms with Crippen LogP contribution in [0.2, 0.25) is 0 Å². The lowest BCUT2D eigenvalue weighted by molar-refractivity contribution is -0.117. The largest absolute Gasteiger partial charge is 0.371 e. The van der Waals surface area contributed by atoms with Gasteiger partial charge in [-0.15, -0.1) is 0 Å². The molecule has 41 heavy (non-hydrogen) atoms. The summed E-state index contributed by atoms with van der Waals surface area (Å²) in [5, 5.41) is 6.04. The van der Waals surface area contributed by atoms with Crippen molar-refractivity contribution in [3.05, 3.63) is 53.8 Å². The number of carbonyl (C=O) groups is 2. The molecule has 0 radical (unpaired) electrons. The molecule has 2 aliphatic rings. The Kier molecular flexibility index (Phi) is 10.3. The monoisotopic (exact) mass is 565 g/mol. The molecule has 2 aromatic carbocycles. The van der Waals surface area contributed by atoms with Crippen molar-refractivity contribution >= 4 is 29.0 Å². The van der Waals surface area contributed by atoms with Gasteiger partial charge in [0, 0.05) is 49.2 Å². The minimum absolute atomic E-state index is 0.0205. The maximum Gasteiger partial charge on any atom is 0.322 e. The number of likely N-dealkylation sites (tertiary alicyclic amines) is 1. The van der Waals surface area contributed by atoms with Crippen LogP contribution in [0, 0.1) is 11.2 Å². The maximum atomic E-state index is 13.9. The van der Waals surface area contributed by atoms with E-state index < -0.39 is 0 Å². The first-order chi connectivity index (χ1) is 19.5. The summed E-state index contributed by atoms with van der Waals surface area (Å²) < 4.78 is 13.9. The molecule has 2 aromatic rings. The minimum atomic E-state index is -0.382. The number of rotatable bonds is 8. The molecule has 0 bridgehead atoms. The van der Waals surface area contributed by atoms with E-state index in [1.165, 1.54) is 18.6 Å². The van der Waals surface area contributed by atoms with Gasteiger partial charge in [0.25, 0.3) is 0 Å². The van der Waals surface area contributed by atoms with Crippen LogP contribution >= 0.6 is 0 Å². The Bertz CT molecular complexity index is 1180. The highest BCUT2D eigenvalue weighted by atomic mass is 19.1. The summed E-state index contributed by atoms with van der Waals surface area (Å²) in [6.07, 6.45) is 7.79. The predicted octanol–water partition coefficient (Wildman–Crippen LogP) is 7.10. The highest BCUT2D eigenvalue weighted by molar-refractivity contribution is 5.92. The van der Waals surface area contributed by atoms with Gasteiger partial charge in [-0.05, 0) is 93.2 Å². The van der Waals surface area contributed by atoms with Gasteiger partial charge in [-0.2, -0.15) is 0 Å². The first-order valence-corrected chi connectivity index (χ1v) is 15.2. The van der Waals surface area contributed by atoms with Gasteiger partial charge >= 0.3 is 6.03 Å². The van der Waals surface area contributed by atoms with E-state index in [0.717, 1.165) is 68.6 Å². The van der Waals surface area contributed by atoms with Crippen LogP contribution in [0.4, 0.5) is 26.2 Å². The summed E-state index contributed by atoms with van der Waals surface area (Å²) >= 11 is 0. The number of benzene rings is 2. The number of halogens is 1. The van der Waals surface area contributed by atoms with E-state index in [0.29, 0.717) is 24.7 Å². The van der Waals surface area contributed by atoms with Gasteiger partial charge in [0.05, 0.1) is 0 Å². The van der Waals surface area contributed by atoms with Crippen LogP contribution in [0.3, 0.4) is 0 Å². The van der Waals surface area contributed by atoms with Gasteiger partial charge in [0.1, 0.15) is 5.82 Å². The smallest absolute Gasteiger partial charge is 0.322 e. The third-order valence-electron chi connectivity index (χ3n) is 8.36. The van der Waals surface area contributed by atoms with Crippen LogP contribution in [0.5, 0.6) is 0 Å². The molecule has 1 saturated carbocycles. The standard InChI is InChI=1S/C33H48FN5O2/c1-33(2,3)22-31(40)35-27-14-15-30(38(5)28-16-18-37(4)19-17-28)24(20-27)23-39(29-12-7-6-8-13-29)32(41)36-26-11-9-10-25(34)21-26/h9-11,14-15,20-21,28-29H,6-8,12-13,16-19,22-23H2,1-5H3,(H,35,40)(H,36,41). The zero-order valence-electron chi connectivity index (χ0n) is 25.5. The SMILES string of the molecule is CN1CCC(N(C)c2ccc(NC(=O)CC(C)(C)C)cc2CN(C(=O)Nc2cccc(F)c2)C2CCCCC2)CC1. The van der Waals surface area contributed by atoms with Crippen LogP contribution in [-0.4, -0.2) is 61.0 Å². The molecule has 224 valence electrons.